The monoisotopic (exact) mass is 259 g/mol. The summed E-state index contributed by atoms with van der Waals surface area (Å²) in [6, 6.07) is 8.84. The Morgan fingerprint density at radius 2 is 1.74 bits per heavy atom. The lowest BCUT2D eigenvalue weighted by Crippen LogP contribution is -2.33. The molecule has 0 saturated heterocycles. The lowest BCUT2D eigenvalue weighted by atomic mass is 10.1. The Morgan fingerprint density at radius 3 is 2.21 bits per heavy atom. The summed E-state index contributed by atoms with van der Waals surface area (Å²) in [5, 5.41) is 8.67. The molecule has 0 radical (unpaired) electrons. The number of hydrogen-bond acceptors (Lipinski definition) is 2. The van der Waals surface area contributed by atoms with Crippen molar-refractivity contribution in [1.29, 1.82) is 0 Å². The Labute approximate surface area is 117 Å². The summed E-state index contributed by atoms with van der Waals surface area (Å²) >= 11 is 0. The van der Waals surface area contributed by atoms with Gasteiger partial charge < -0.3 is 5.11 Å². The van der Waals surface area contributed by atoms with Crippen LogP contribution < -0.4 is 0 Å². The highest BCUT2D eigenvalue weighted by molar-refractivity contribution is 5.36. The van der Waals surface area contributed by atoms with Gasteiger partial charge in [-0.1, -0.05) is 37.8 Å². The Hall–Kier alpha value is -1.30. The predicted octanol–water partition coefficient (Wildman–Crippen LogP) is 2.90. The van der Waals surface area contributed by atoms with E-state index in [2.05, 4.69) is 56.6 Å². The molecule has 0 aliphatic rings. The van der Waals surface area contributed by atoms with Gasteiger partial charge >= 0.3 is 0 Å². The first kappa shape index (κ1) is 15.8. The van der Waals surface area contributed by atoms with Gasteiger partial charge in [-0.2, -0.15) is 0 Å². The molecule has 19 heavy (non-hydrogen) atoms. The number of aliphatic hydroxyl groups is 1. The number of aliphatic hydroxyl groups excluding tert-OH is 1. The molecule has 0 heterocycles. The molecule has 2 nitrogen and oxygen atoms in total. The molecular formula is C17H25NO. The van der Waals surface area contributed by atoms with Gasteiger partial charge in [-0.25, -0.2) is 0 Å². The largest absolute Gasteiger partial charge is 0.384 e. The van der Waals surface area contributed by atoms with E-state index in [-0.39, 0.29) is 6.61 Å². The van der Waals surface area contributed by atoms with Crippen molar-refractivity contribution in [2.75, 3.05) is 13.2 Å². The molecule has 0 spiro atoms. The average Bonchev–Trinajstić information content (AvgIpc) is 2.36. The second-order valence-electron chi connectivity index (χ2n) is 5.57. The maximum absolute atomic E-state index is 8.67. The molecule has 0 aliphatic carbocycles. The third-order valence-corrected chi connectivity index (χ3v) is 2.98. The van der Waals surface area contributed by atoms with Gasteiger partial charge in [0.05, 0.1) is 0 Å². The van der Waals surface area contributed by atoms with Crippen molar-refractivity contribution in [2.24, 2.45) is 5.92 Å². The molecule has 0 amide bonds. The number of nitrogens with zero attached hydrogens (tertiary/aromatic N) is 1. The van der Waals surface area contributed by atoms with E-state index in [1.54, 1.807) is 0 Å². The molecule has 1 rings (SSSR count). The van der Waals surface area contributed by atoms with Crippen LogP contribution in [0.5, 0.6) is 0 Å². The normalized spacial score (nSPS) is 10.9. The zero-order valence-corrected chi connectivity index (χ0v) is 12.5. The van der Waals surface area contributed by atoms with Crippen molar-refractivity contribution in [1.82, 2.24) is 4.90 Å². The van der Waals surface area contributed by atoms with E-state index in [1.165, 1.54) is 5.56 Å². The molecule has 2 heteroatoms. The van der Waals surface area contributed by atoms with Crippen LogP contribution in [0.25, 0.3) is 0 Å². The van der Waals surface area contributed by atoms with E-state index in [0.29, 0.717) is 12.0 Å². The molecule has 0 aromatic heterocycles. The fourth-order valence-electron chi connectivity index (χ4n) is 2.00. The Balaban J connectivity index is 2.69. The van der Waals surface area contributed by atoms with E-state index in [0.717, 1.165) is 18.7 Å². The lowest BCUT2D eigenvalue weighted by molar-refractivity contribution is 0.189. The zero-order valence-electron chi connectivity index (χ0n) is 12.5. The van der Waals surface area contributed by atoms with Crippen molar-refractivity contribution in [3.8, 4) is 11.8 Å². The van der Waals surface area contributed by atoms with Crippen LogP contribution in [0, 0.1) is 17.8 Å². The summed E-state index contributed by atoms with van der Waals surface area (Å²) in [6.07, 6.45) is 0. The molecule has 1 aromatic rings. The van der Waals surface area contributed by atoms with E-state index in [1.807, 2.05) is 12.1 Å². The van der Waals surface area contributed by atoms with Gasteiger partial charge in [0.25, 0.3) is 0 Å². The molecule has 0 unspecified atom stereocenters. The quantitative estimate of drug-likeness (QED) is 0.822. The van der Waals surface area contributed by atoms with Crippen molar-refractivity contribution in [3.05, 3.63) is 35.4 Å². The van der Waals surface area contributed by atoms with E-state index >= 15 is 0 Å². The summed E-state index contributed by atoms with van der Waals surface area (Å²) in [7, 11) is 0. The number of hydrogen-bond donors (Lipinski definition) is 1. The topological polar surface area (TPSA) is 23.5 Å². The highest BCUT2D eigenvalue weighted by Gasteiger charge is 2.11. The first-order valence-electron chi connectivity index (χ1n) is 6.95. The molecule has 1 N–H and O–H groups in total. The molecule has 0 atom stereocenters. The molecule has 0 saturated carbocycles. The van der Waals surface area contributed by atoms with E-state index < -0.39 is 0 Å². The second kappa shape index (κ2) is 7.99. The van der Waals surface area contributed by atoms with Gasteiger partial charge in [0.2, 0.25) is 0 Å². The van der Waals surface area contributed by atoms with E-state index in [9.17, 15) is 0 Å². The van der Waals surface area contributed by atoms with E-state index in [4.69, 9.17) is 5.11 Å². The van der Waals surface area contributed by atoms with Crippen LogP contribution in [0.3, 0.4) is 0 Å². The van der Waals surface area contributed by atoms with Crippen LogP contribution in [-0.2, 0) is 6.54 Å². The summed E-state index contributed by atoms with van der Waals surface area (Å²) in [4.78, 5) is 2.49. The maximum Gasteiger partial charge on any atom is 0.104 e. The van der Waals surface area contributed by atoms with Crippen LogP contribution in [-0.4, -0.2) is 29.2 Å². The highest BCUT2D eigenvalue weighted by atomic mass is 16.2. The van der Waals surface area contributed by atoms with Gasteiger partial charge in [-0.05, 0) is 37.5 Å². The van der Waals surface area contributed by atoms with Crippen LogP contribution in [0.15, 0.2) is 24.3 Å². The van der Waals surface area contributed by atoms with Gasteiger partial charge in [-0.3, -0.25) is 4.90 Å². The smallest absolute Gasteiger partial charge is 0.104 e. The Kier molecular flexibility index (Phi) is 6.62. The van der Waals surface area contributed by atoms with Crippen molar-refractivity contribution in [2.45, 2.75) is 40.3 Å². The standard InChI is InChI=1S/C17H25NO/c1-14(2)12-18(15(3)4)13-17-9-7-16(8-10-17)6-5-11-19/h7-10,14-15,19H,11-13H2,1-4H3. The van der Waals surface area contributed by atoms with Crippen molar-refractivity contribution in [3.63, 3.8) is 0 Å². The molecule has 1 aromatic carbocycles. The Morgan fingerprint density at radius 1 is 1.11 bits per heavy atom. The summed E-state index contributed by atoms with van der Waals surface area (Å²) in [5.41, 5.74) is 2.27. The predicted molar refractivity (Wildman–Crippen MR) is 80.8 cm³/mol. The highest BCUT2D eigenvalue weighted by Crippen LogP contribution is 2.11. The number of benzene rings is 1. The Bertz CT molecular complexity index is 423. The van der Waals surface area contributed by atoms with Crippen molar-refractivity contribution >= 4 is 0 Å². The zero-order chi connectivity index (χ0) is 14.3. The number of rotatable bonds is 5. The van der Waals surface area contributed by atoms with Crippen LogP contribution >= 0.6 is 0 Å². The third-order valence-electron chi connectivity index (χ3n) is 2.98. The van der Waals surface area contributed by atoms with Crippen LogP contribution in [0.2, 0.25) is 0 Å². The first-order valence-corrected chi connectivity index (χ1v) is 6.95. The fourth-order valence-corrected chi connectivity index (χ4v) is 2.00. The summed E-state index contributed by atoms with van der Waals surface area (Å²) < 4.78 is 0. The fraction of sp³-hybridized carbons (Fsp3) is 0.529. The minimum Gasteiger partial charge on any atom is -0.384 e. The molecule has 0 bridgehead atoms. The SMILES string of the molecule is CC(C)CN(Cc1ccc(C#CCO)cc1)C(C)C. The van der Waals surface area contributed by atoms with Gasteiger partial charge in [-0.15, -0.1) is 0 Å². The molecule has 0 fully saturated rings. The minimum absolute atomic E-state index is 0.0860. The summed E-state index contributed by atoms with van der Waals surface area (Å²) in [5.74, 6) is 6.26. The van der Waals surface area contributed by atoms with Crippen molar-refractivity contribution < 1.29 is 5.11 Å². The first-order chi connectivity index (χ1) is 9.02. The molecule has 0 aliphatic heterocycles. The van der Waals surface area contributed by atoms with Gasteiger partial charge in [0, 0.05) is 24.7 Å². The minimum atomic E-state index is -0.0860. The average molecular weight is 259 g/mol. The van der Waals surface area contributed by atoms with Gasteiger partial charge in [0.15, 0.2) is 0 Å². The lowest BCUT2D eigenvalue weighted by Gasteiger charge is -2.28. The molecular weight excluding hydrogens is 234 g/mol. The van der Waals surface area contributed by atoms with Crippen LogP contribution in [0.4, 0.5) is 0 Å². The maximum atomic E-state index is 8.67. The van der Waals surface area contributed by atoms with Gasteiger partial charge in [0.1, 0.15) is 6.61 Å². The van der Waals surface area contributed by atoms with Crippen LogP contribution in [0.1, 0.15) is 38.8 Å². The third kappa shape index (κ3) is 5.92. The molecule has 104 valence electrons. The second-order valence-corrected chi connectivity index (χ2v) is 5.57. The summed E-state index contributed by atoms with van der Waals surface area (Å²) in [6.45, 7) is 11.0.